The molecular weight excluding hydrogens is 382 g/mol. The van der Waals surface area contributed by atoms with Crippen LogP contribution in [-0.2, 0) is 4.79 Å². The molecule has 0 bridgehead atoms. The summed E-state index contributed by atoms with van der Waals surface area (Å²) in [5, 5.41) is 9.32. The molecule has 136 valence electrons. The Morgan fingerprint density at radius 2 is 1.88 bits per heavy atom. The lowest BCUT2D eigenvalue weighted by molar-refractivity contribution is -0.140. The van der Waals surface area contributed by atoms with Gasteiger partial charge in [-0.05, 0) is 53.4 Å². The SMILES string of the molecule is Cc1ccc(OC(C)C(=O)N2CCN(C(C#N)C(C)C)CC2)c(Br)c1. The number of nitrogens with zero attached hydrogens (tertiary/aromatic N) is 3. The number of rotatable bonds is 5. The minimum Gasteiger partial charge on any atom is -0.480 e. The van der Waals surface area contributed by atoms with Crippen LogP contribution in [0.5, 0.6) is 5.75 Å². The number of amides is 1. The maximum absolute atomic E-state index is 12.7. The van der Waals surface area contributed by atoms with Gasteiger partial charge in [0.25, 0.3) is 5.91 Å². The van der Waals surface area contributed by atoms with E-state index >= 15 is 0 Å². The van der Waals surface area contributed by atoms with Crippen LogP contribution in [-0.4, -0.2) is 54.0 Å². The van der Waals surface area contributed by atoms with Crippen LogP contribution in [0.2, 0.25) is 0 Å². The second-order valence-electron chi connectivity index (χ2n) is 6.87. The van der Waals surface area contributed by atoms with Gasteiger partial charge in [0.1, 0.15) is 11.8 Å². The molecule has 2 rings (SSSR count). The number of piperazine rings is 1. The Hall–Kier alpha value is -1.58. The van der Waals surface area contributed by atoms with Crippen LogP contribution in [0, 0.1) is 24.2 Å². The topological polar surface area (TPSA) is 56.6 Å². The Labute approximate surface area is 158 Å². The quantitative estimate of drug-likeness (QED) is 0.751. The van der Waals surface area contributed by atoms with Crippen molar-refractivity contribution in [2.24, 2.45) is 5.92 Å². The zero-order chi connectivity index (χ0) is 18.6. The monoisotopic (exact) mass is 407 g/mol. The Balaban J connectivity index is 1.92. The van der Waals surface area contributed by atoms with E-state index in [9.17, 15) is 10.1 Å². The van der Waals surface area contributed by atoms with E-state index in [2.05, 4.69) is 40.7 Å². The third-order valence-electron chi connectivity index (χ3n) is 4.52. The predicted molar refractivity (Wildman–Crippen MR) is 101 cm³/mol. The number of carbonyl (C=O) groups excluding carboxylic acids is 1. The average molecular weight is 408 g/mol. The lowest BCUT2D eigenvalue weighted by Crippen LogP contribution is -2.54. The lowest BCUT2D eigenvalue weighted by Gasteiger charge is -2.38. The second-order valence-corrected chi connectivity index (χ2v) is 7.73. The van der Waals surface area contributed by atoms with Gasteiger partial charge in [0.05, 0.1) is 10.5 Å². The van der Waals surface area contributed by atoms with E-state index in [-0.39, 0.29) is 17.9 Å². The van der Waals surface area contributed by atoms with Gasteiger partial charge in [0.2, 0.25) is 0 Å². The summed E-state index contributed by atoms with van der Waals surface area (Å²) >= 11 is 3.48. The number of ether oxygens (including phenoxy) is 1. The molecule has 5 nitrogen and oxygen atoms in total. The molecule has 1 saturated heterocycles. The molecule has 1 aromatic rings. The summed E-state index contributed by atoms with van der Waals surface area (Å²) in [6, 6.07) is 8.10. The van der Waals surface area contributed by atoms with E-state index in [1.54, 1.807) is 6.92 Å². The van der Waals surface area contributed by atoms with Crippen molar-refractivity contribution < 1.29 is 9.53 Å². The van der Waals surface area contributed by atoms with Crippen molar-refractivity contribution in [2.45, 2.75) is 39.8 Å². The highest BCUT2D eigenvalue weighted by Crippen LogP contribution is 2.27. The molecule has 1 fully saturated rings. The van der Waals surface area contributed by atoms with E-state index in [0.29, 0.717) is 18.8 Å². The Morgan fingerprint density at radius 1 is 1.24 bits per heavy atom. The first-order valence-corrected chi connectivity index (χ1v) is 9.48. The second kappa shape index (κ2) is 8.68. The van der Waals surface area contributed by atoms with Crippen molar-refractivity contribution in [3.63, 3.8) is 0 Å². The van der Waals surface area contributed by atoms with Gasteiger partial charge in [-0.2, -0.15) is 5.26 Å². The molecule has 0 N–H and O–H groups in total. The fraction of sp³-hybridized carbons (Fsp3) is 0.579. The summed E-state index contributed by atoms with van der Waals surface area (Å²) < 4.78 is 6.70. The first-order valence-electron chi connectivity index (χ1n) is 8.68. The van der Waals surface area contributed by atoms with Crippen LogP contribution in [0.1, 0.15) is 26.3 Å². The summed E-state index contributed by atoms with van der Waals surface area (Å²) in [5.41, 5.74) is 1.13. The molecular formula is C19H26BrN3O2. The zero-order valence-corrected chi connectivity index (χ0v) is 16.9. The first kappa shape index (κ1) is 19.7. The van der Waals surface area contributed by atoms with Crippen LogP contribution in [0.4, 0.5) is 0 Å². The van der Waals surface area contributed by atoms with Crippen molar-refractivity contribution in [2.75, 3.05) is 26.2 Å². The van der Waals surface area contributed by atoms with Gasteiger partial charge in [0.15, 0.2) is 6.10 Å². The number of nitriles is 1. The maximum atomic E-state index is 12.7. The van der Waals surface area contributed by atoms with Crippen LogP contribution >= 0.6 is 15.9 Å². The van der Waals surface area contributed by atoms with Gasteiger partial charge in [0, 0.05) is 26.2 Å². The minimum absolute atomic E-state index is 0.00909. The maximum Gasteiger partial charge on any atom is 0.263 e. The van der Waals surface area contributed by atoms with Gasteiger partial charge in [-0.3, -0.25) is 9.69 Å². The highest BCUT2D eigenvalue weighted by molar-refractivity contribution is 9.10. The van der Waals surface area contributed by atoms with Crippen molar-refractivity contribution in [3.8, 4) is 11.8 Å². The van der Waals surface area contributed by atoms with Crippen LogP contribution in [0.3, 0.4) is 0 Å². The molecule has 1 heterocycles. The van der Waals surface area contributed by atoms with E-state index in [1.165, 1.54) is 0 Å². The Morgan fingerprint density at radius 3 is 2.40 bits per heavy atom. The van der Waals surface area contributed by atoms with E-state index in [0.717, 1.165) is 23.1 Å². The summed E-state index contributed by atoms with van der Waals surface area (Å²) in [6.45, 7) is 10.6. The Kier molecular flexibility index (Phi) is 6.86. The summed E-state index contributed by atoms with van der Waals surface area (Å²) in [5.74, 6) is 0.952. The number of benzene rings is 1. The third-order valence-corrected chi connectivity index (χ3v) is 5.14. The molecule has 25 heavy (non-hydrogen) atoms. The average Bonchev–Trinajstić information content (AvgIpc) is 2.57. The molecule has 6 heteroatoms. The normalized spacial score (nSPS) is 17.9. The number of aryl methyl sites for hydroxylation is 1. The molecule has 1 amide bonds. The van der Waals surface area contributed by atoms with Gasteiger partial charge < -0.3 is 9.64 Å². The standard InChI is InChI=1S/C19H26BrN3O2/c1-13(2)17(12-21)22-7-9-23(10-8-22)19(24)15(4)25-18-6-5-14(3)11-16(18)20/h5-6,11,13,15,17H,7-10H2,1-4H3. The number of halogens is 1. The van der Waals surface area contributed by atoms with Crippen molar-refractivity contribution in [1.29, 1.82) is 5.26 Å². The molecule has 1 aliphatic heterocycles. The molecule has 1 aliphatic rings. The molecule has 0 aliphatic carbocycles. The highest BCUT2D eigenvalue weighted by atomic mass is 79.9. The molecule has 0 saturated carbocycles. The zero-order valence-electron chi connectivity index (χ0n) is 15.3. The largest absolute Gasteiger partial charge is 0.480 e. The van der Waals surface area contributed by atoms with Crippen LogP contribution in [0.25, 0.3) is 0 Å². The fourth-order valence-electron chi connectivity index (χ4n) is 3.07. The summed E-state index contributed by atoms with van der Waals surface area (Å²) in [4.78, 5) is 16.7. The van der Waals surface area contributed by atoms with Crippen LogP contribution < -0.4 is 4.74 Å². The van der Waals surface area contributed by atoms with Crippen molar-refractivity contribution >= 4 is 21.8 Å². The van der Waals surface area contributed by atoms with Gasteiger partial charge in [-0.25, -0.2) is 0 Å². The molecule has 1 aromatic carbocycles. The van der Waals surface area contributed by atoms with E-state index < -0.39 is 6.10 Å². The molecule has 0 radical (unpaired) electrons. The van der Waals surface area contributed by atoms with Crippen LogP contribution in [0.15, 0.2) is 22.7 Å². The molecule has 2 unspecified atom stereocenters. The Bertz CT molecular complexity index is 649. The number of carbonyl (C=O) groups is 1. The minimum atomic E-state index is -0.539. The first-order chi connectivity index (χ1) is 11.8. The predicted octanol–water partition coefficient (Wildman–Crippen LogP) is 3.22. The third kappa shape index (κ3) is 4.96. The summed E-state index contributed by atoms with van der Waals surface area (Å²) in [7, 11) is 0. The van der Waals surface area contributed by atoms with Gasteiger partial charge in [-0.15, -0.1) is 0 Å². The molecule has 2 atom stereocenters. The van der Waals surface area contributed by atoms with Gasteiger partial charge >= 0.3 is 0 Å². The van der Waals surface area contributed by atoms with Crippen molar-refractivity contribution in [3.05, 3.63) is 28.2 Å². The lowest BCUT2D eigenvalue weighted by atomic mass is 10.0. The number of hydrogen-bond donors (Lipinski definition) is 0. The highest BCUT2D eigenvalue weighted by Gasteiger charge is 2.30. The molecule has 0 spiro atoms. The molecule has 0 aromatic heterocycles. The van der Waals surface area contributed by atoms with E-state index in [1.807, 2.05) is 30.0 Å². The fourth-order valence-corrected chi connectivity index (χ4v) is 3.66. The van der Waals surface area contributed by atoms with Gasteiger partial charge in [-0.1, -0.05) is 19.9 Å². The van der Waals surface area contributed by atoms with Crippen molar-refractivity contribution in [1.82, 2.24) is 9.80 Å². The van der Waals surface area contributed by atoms with E-state index in [4.69, 9.17) is 4.74 Å². The summed E-state index contributed by atoms with van der Waals surface area (Å²) in [6.07, 6.45) is -0.539. The number of hydrogen-bond acceptors (Lipinski definition) is 4. The smallest absolute Gasteiger partial charge is 0.263 e.